The van der Waals surface area contributed by atoms with Crippen LogP contribution >= 0.6 is 0 Å². The van der Waals surface area contributed by atoms with Crippen LogP contribution in [0.25, 0.3) is 22.0 Å². The normalized spacial score (nSPS) is 12.0. The van der Waals surface area contributed by atoms with E-state index >= 15 is 4.39 Å². The van der Waals surface area contributed by atoms with Crippen molar-refractivity contribution in [2.45, 2.75) is 32.6 Å². The van der Waals surface area contributed by atoms with Crippen LogP contribution in [0.4, 0.5) is 24.8 Å². The smallest absolute Gasteiger partial charge is 0.261 e. The lowest BCUT2D eigenvalue weighted by Gasteiger charge is -2.16. The maximum absolute atomic E-state index is 15.4. The molecular weight excluding hydrogens is 505 g/mol. The fourth-order valence-electron chi connectivity index (χ4n) is 3.42. The Morgan fingerprint density at radius 3 is 2.32 bits per heavy atom. The number of amides is 1. The lowest BCUT2D eigenvalue weighted by molar-refractivity contribution is -0.123. The molecule has 0 atom stereocenters. The van der Waals surface area contributed by atoms with Gasteiger partial charge in [-0.1, -0.05) is 26.8 Å². The third-order valence-corrected chi connectivity index (χ3v) is 6.91. The lowest BCUT2D eigenvalue weighted by Crippen LogP contribution is -2.28. The van der Waals surface area contributed by atoms with Crippen molar-refractivity contribution in [3.05, 3.63) is 77.7 Å². The average molecular weight is 529 g/mol. The van der Waals surface area contributed by atoms with Crippen molar-refractivity contribution in [2.24, 2.45) is 5.41 Å². The van der Waals surface area contributed by atoms with Crippen molar-refractivity contribution in [3.8, 4) is 11.1 Å². The number of anilines is 2. The maximum Gasteiger partial charge on any atom is 0.261 e. The molecule has 0 saturated carbocycles. The van der Waals surface area contributed by atoms with Crippen LogP contribution in [-0.2, 0) is 14.8 Å². The van der Waals surface area contributed by atoms with Gasteiger partial charge in [-0.05, 0) is 60.5 Å². The summed E-state index contributed by atoms with van der Waals surface area (Å²) < 4.78 is 71.3. The van der Waals surface area contributed by atoms with Gasteiger partial charge in [0.1, 0.15) is 11.6 Å². The summed E-state index contributed by atoms with van der Waals surface area (Å²) in [7, 11) is -4.28. The highest BCUT2D eigenvalue weighted by Gasteiger charge is 2.23. The van der Waals surface area contributed by atoms with Crippen LogP contribution in [0, 0.1) is 29.8 Å². The summed E-state index contributed by atoms with van der Waals surface area (Å²) in [4.78, 5) is 20.3. The number of nitrogens with one attached hydrogen (secondary N) is 2. The van der Waals surface area contributed by atoms with Crippen molar-refractivity contribution < 1.29 is 26.4 Å². The largest absolute Gasteiger partial charge is 0.294 e. The lowest BCUT2D eigenvalue weighted by atomic mass is 9.96. The zero-order valence-corrected chi connectivity index (χ0v) is 21.2. The van der Waals surface area contributed by atoms with Gasteiger partial charge >= 0.3 is 0 Å². The second kappa shape index (κ2) is 9.47. The molecule has 0 aliphatic carbocycles. The van der Waals surface area contributed by atoms with Gasteiger partial charge in [-0.2, -0.15) is 0 Å². The molecule has 192 valence electrons. The summed E-state index contributed by atoms with van der Waals surface area (Å²) in [6.07, 6.45) is 1.41. The molecule has 1 amide bonds. The predicted octanol–water partition coefficient (Wildman–Crippen LogP) is 5.81. The van der Waals surface area contributed by atoms with Crippen LogP contribution in [0.15, 0.2) is 59.6 Å². The van der Waals surface area contributed by atoms with E-state index < -0.39 is 44.1 Å². The second-order valence-electron chi connectivity index (χ2n) is 9.47. The molecule has 1 heterocycles. The van der Waals surface area contributed by atoms with Gasteiger partial charge in [-0.15, -0.1) is 0 Å². The second-order valence-corrected chi connectivity index (χ2v) is 11.2. The minimum absolute atomic E-state index is 0.0879. The van der Waals surface area contributed by atoms with E-state index in [1.807, 2.05) is 0 Å². The maximum atomic E-state index is 15.4. The molecule has 0 fully saturated rings. The van der Waals surface area contributed by atoms with E-state index in [-0.39, 0.29) is 27.9 Å². The summed E-state index contributed by atoms with van der Waals surface area (Å²) in [5.41, 5.74) is -0.942. The third-order valence-electron chi connectivity index (χ3n) is 5.55. The number of hydrogen-bond acceptors (Lipinski definition) is 5. The average Bonchev–Trinajstić information content (AvgIpc) is 2.82. The van der Waals surface area contributed by atoms with Crippen molar-refractivity contribution in [1.82, 2.24) is 9.97 Å². The minimum Gasteiger partial charge on any atom is -0.294 e. The summed E-state index contributed by atoms with van der Waals surface area (Å²) in [5, 5.41) is 3.06. The summed E-state index contributed by atoms with van der Waals surface area (Å²) >= 11 is 0. The van der Waals surface area contributed by atoms with Gasteiger partial charge in [0.15, 0.2) is 5.82 Å². The van der Waals surface area contributed by atoms with Crippen LogP contribution in [0.1, 0.15) is 26.3 Å². The van der Waals surface area contributed by atoms with Gasteiger partial charge in [0.2, 0.25) is 11.9 Å². The molecule has 4 aromatic rings. The van der Waals surface area contributed by atoms with Gasteiger partial charge in [0.25, 0.3) is 10.0 Å². The van der Waals surface area contributed by atoms with Gasteiger partial charge in [-0.25, -0.2) is 31.6 Å². The Balaban J connectivity index is 1.69. The third kappa shape index (κ3) is 5.41. The molecule has 7 nitrogen and oxygen atoms in total. The van der Waals surface area contributed by atoms with Gasteiger partial charge in [-0.3, -0.25) is 14.8 Å². The highest BCUT2D eigenvalue weighted by Crippen LogP contribution is 2.33. The number of nitrogens with zero attached hydrogens (tertiary/aromatic N) is 2. The molecule has 0 radical (unpaired) electrons. The Hall–Kier alpha value is -3.99. The number of benzene rings is 3. The van der Waals surface area contributed by atoms with E-state index in [1.54, 1.807) is 20.8 Å². The van der Waals surface area contributed by atoms with Crippen LogP contribution in [-0.4, -0.2) is 24.3 Å². The molecule has 0 aliphatic heterocycles. The van der Waals surface area contributed by atoms with E-state index in [1.165, 1.54) is 31.3 Å². The first-order valence-corrected chi connectivity index (χ1v) is 12.6. The molecule has 11 heteroatoms. The Bertz CT molecular complexity index is 1650. The summed E-state index contributed by atoms with van der Waals surface area (Å²) in [6, 6.07) is 9.45. The molecule has 0 saturated heterocycles. The molecule has 2 N–H and O–H groups in total. The number of fused-ring (bicyclic) bond motifs is 1. The van der Waals surface area contributed by atoms with Crippen LogP contribution in [0.3, 0.4) is 0 Å². The van der Waals surface area contributed by atoms with E-state index in [2.05, 4.69) is 20.0 Å². The quantitative estimate of drug-likeness (QED) is 0.341. The molecule has 0 bridgehead atoms. The Labute approximate surface area is 211 Å². The number of carbonyl (C=O) groups is 1. The molecule has 37 heavy (non-hydrogen) atoms. The van der Waals surface area contributed by atoms with E-state index in [9.17, 15) is 22.0 Å². The fourth-order valence-corrected chi connectivity index (χ4v) is 4.57. The number of aromatic nitrogens is 2. The number of rotatable bonds is 5. The molecule has 0 unspecified atom stereocenters. The summed E-state index contributed by atoms with van der Waals surface area (Å²) in [5.74, 6) is -2.81. The van der Waals surface area contributed by atoms with Gasteiger partial charge in [0, 0.05) is 17.0 Å². The number of carbonyl (C=O) groups excluding carboxylic acids is 1. The number of sulfonamides is 1. The van der Waals surface area contributed by atoms with Crippen molar-refractivity contribution in [1.29, 1.82) is 0 Å². The number of hydrogen-bond donors (Lipinski definition) is 2. The summed E-state index contributed by atoms with van der Waals surface area (Å²) in [6.45, 7) is 6.63. The molecule has 1 aromatic heterocycles. The molecule has 4 rings (SSSR count). The Morgan fingerprint density at radius 1 is 0.946 bits per heavy atom. The molecular formula is C26H23F3N4O3S. The minimum atomic E-state index is -4.28. The standard InChI is InChI=1S/C26H23F3N4O3S/c1-14-11-17(6-7-18(14)27)37(35,36)33-21-10-8-19(28)22(23(21)29)15-5-9-20-16(12-15)13-30-25(31-20)32-24(34)26(2,3)4/h5-13,33H,1-4H3,(H,30,31,32,34). The zero-order chi connectivity index (χ0) is 27.1. The molecule has 3 aromatic carbocycles. The van der Waals surface area contributed by atoms with Crippen molar-refractivity contribution in [2.75, 3.05) is 10.0 Å². The predicted molar refractivity (Wildman–Crippen MR) is 135 cm³/mol. The van der Waals surface area contributed by atoms with Crippen molar-refractivity contribution in [3.63, 3.8) is 0 Å². The highest BCUT2D eigenvalue weighted by molar-refractivity contribution is 7.92. The number of halogens is 3. The van der Waals surface area contributed by atoms with Crippen molar-refractivity contribution >= 4 is 38.5 Å². The van der Waals surface area contributed by atoms with Crippen LogP contribution in [0.2, 0.25) is 0 Å². The Morgan fingerprint density at radius 2 is 1.65 bits per heavy atom. The van der Waals surface area contributed by atoms with E-state index in [0.29, 0.717) is 10.9 Å². The number of aryl methyl sites for hydroxylation is 1. The van der Waals surface area contributed by atoms with Gasteiger partial charge in [0.05, 0.1) is 21.7 Å². The monoisotopic (exact) mass is 528 g/mol. The SMILES string of the molecule is Cc1cc(S(=O)(=O)Nc2ccc(F)c(-c3ccc4nc(NC(=O)C(C)(C)C)ncc4c3)c2F)ccc1F. The van der Waals surface area contributed by atoms with E-state index in [4.69, 9.17) is 0 Å². The first kappa shape index (κ1) is 26.1. The first-order valence-electron chi connectivity index (χ1n) is 11.1. The highest BCUT2D eigenvalue weighted by atomic mass is 32.2. The van der Waals surface area contributed by atoms with Gasteiger partial charge < -0.3 is 0 Å². The molecule has 0 aliphatic rings. The topological polar surface area (TPSA) is 101 Å². The van der Waals surface area contributed by atoms with E-state index in [0.717, 1.165) is 30.3 Å². The van der Waals surface area contributed by atoms with Crippen LogP contribution < -0.4 is 10.0 Å². The molecule has 0 spiro atoms. The first-order chi connectivity index (χ1) is 17.3. The fraction of sp³-hybridized carbons (Fsp3) is 0.192. The van der Waals surface area contributed by atoms with Crippen LogP contribution in [0.5, 0.6) is 0 Å². The Kier molecular flexibility index (Phi) is 6.68. The zero-order valence-electron chi connectivity index (χ0n) is 20.4.